The predicted molar refractivity (Wildman–Crippen MR) is 52.4 cm³/mol. The van der Waals surface area contributed by atoms with Crippen molar-refractivity contribution in [3.63, 3.8) is 0 Å². The molecule has 12 heavy (non-hydrogen) atoms. The Hall–Kier alpha value is -1.09. The van der Waals surface area contributed by atoms with E-state index in [0.29, 0.717) is 14.7 Å². The van der Waals surface area contributed by atoms with Crippen LogP contribution in [0, 0.1) is 14.9 Å². The van der Waals surface area contributed by atoms with Crippen LogP contribution in [0.25, 0.3) is 0 Å². The molecule has 0 aliphatic heterocycles. The number of nitriles is 1. The SMILES string of the molecule is N#Cc1ccc(C(N)=O)c(I)c1. The Morgan fingerprint density at radius 3 is 2.67 bits per heavy atom. The van der Waals surface area contributed by atoms with E-state index in [9.17, 15) is 4.79 Å². The van der Waals surface area contributed by atoms with E-state index in [4.69, 9.17) is 11.0 Å². The number of nitrogens with two attached hydrogens (primary N) is 1. The summed E-state index contributed by atoms with van der Waals surface area (Å²) in [7, 11) is 0. The summed E-state index contributed by atoms with van der Waals surface area (Å²) >= 11 is 1.97. The Balaban J connectivity index is 3.23. The molecule has 0 aromatic heterocycles. The summed E-state index contributed by atoms with van der Waals surface area (Å²) in [6, 6.07) is 6.73. The van der Waals surface area contributed by atoms with Crippen molar-refractivity contribution in [3.05, 3.63) is 32.9 Å². The van der Waals surface area contributed by atoms with Gasteiger partial charge >= 0.3 is 0 Å². The zero-order valence-corrected chi connectivity index (χ0v) is 8.20. The van der Waals surface area contributed by atoms with Crippen LogP contribution >= 0.6 is 22.6 Å². The first-order chi connectivity index (χ1) is 5.65. The van der Waals surface area contributed by atoms with Gasteiger partial charge in [0, 0.05) is 3.57 Å². The number of halogens is 1. The molecule has 1 rings (SSSR count). The Morgan fingerprint density at radius 2 is 2.25 bits per heavy atom. The average Bonchev–Trinajstić information content (AvgIpc) is 2.03. The lowest BCUT2D eigenvalue weighted by atomic mass is 10.1. The minimum absolute atomic E-state index is 0.453. The second kappa shape index (κ2) is 3.54. The zero-order valence-electron chi connectivity index (χ0n) is 6.04. The summed E-state index contributed by atoms with van der Waals surface area (Å²) < 4.78 is 0.708. The molecular formula is C8H5IN2O. The minimum atomic E-state index is -0.469. The first-order valence-corrected chi connectivity index (χ1v) is 4.22. The fraction of sp³-hybridized carbons (Fsp3) is 0. The first-order valence-electron chi connectivity index (χ1n) is 3.14. The number of carbonyl (C=O) groups excluding carboxylic acids is 1. The maximum atomic E-state index is 10.8. The molecule has 1 amide bonds. The van der Waals surface area contributed by atoms with Gasteiger partial charge in [-0.05, 0) is 40.8 Å². The van der Waals surface area contributed by atoms with Crippen LogP contribution in [-0.4, -0.2) is 5.91 Å². The summed E-state index contributed by atoms with van der Waals surface area (Å²) in [4.78, 5) is 10.8. The molecule has 4 heteroatoms. The van der Waals surface area contributed by atoms with Crippen LogP contribution in [0.2, 0.25) is 0 Å². The van der Waals surface area contributed by atoms with Gasteiger partial charge in [-0.1, -0.05) is 0 Å². The fourth-order valence-electron chi connectivity index (χ4n) is 0.784. The van der Waals surface area contributed by atoms with Crippen LogP contribution in [0.15, 0.2) is 18.2 Å². The lowest BCUT2D eigenvalue weighted by molar-refractivity contribution is 0.0999. The standard InChI is InChI=1S/C8H5IN2O/c9-7-3-5(4-10)1-2-6(7)8(11)12/h1-3H,(H2,11,12). The molecule has 0 aliphatic carbocycles. The van der Waals surface area contributed by atoms with E-state index in [1.165, 1.54) is 0 Å². The van der Waals surface area contributed by atoms with Gasteiger partial charge in [-0.15, -0.1) is 0 Å². The molecule has 1 aromatic carbocycles. The molecule has 2 N–H and O–H groups in total. The summed E-state index contributed by atoms with van der Waals surface area (Å²) in [5.41, 5.74) is 6.06. The van der Waals surface area contributed by atoms with Crippen LogP contribution in [0.4, 0.5) is 0 Å². The van der Waals surface area contributed by atoms with Gasteiger partial charge in [0.2, 0.25) is 5.91 Å². The molecule has 0 radical (unpaired) electrons. The Labute approximate surface area is 83.3 Å². The number of carbonyl (C=O) groups is 1. The van der Waals surface area contributed by atoms with E-state index in [1.54, 1.807) is 18.2 Å². The largest absolute Gasteiger partial charge is 0.366 e. The van der Waals surface area contributed by atoms with Crippen molar-refractivity contribution in [2.75, 3.05) is 0 Å². The van der Waals surface area contributed by atoms with Gasteiger partial charge in [-0.25, -0.2) is 0 Å². The van der Waals surface area contributed by atoms with Crippen molar-refractivity contribution < 1.29 is 4.79 Å². The van der Waals surface area contributed by atoms with Crippen molar-refractivity contribution in [1.29, 1.82) is 5.26 Å². The maximum absolute atomic E-state index is 10.8. The summed E-state index contributed by atoms with van der Waals surface area (Å²) in [6.07, 6.45) is 0. The fourth-order valence-corrected chi connectivity index (χ4v) is 1.57. The van der Waals surface area contributed by atoms with Crippen LogP contribution < -0.4 is 5.73 Å². The number of rotatable bonds is 1. The van der Waals surface area contributed by atoms with E-state index in [2.05, 4.69) is 0 Å². The molecule has 0 atom stereocenters. The molecule has 0 aliphatic rings. The first kappa shape index (κ1) is 9.00. The third-order valence-corrected chi connectivity index (χ3v) is 2.26. The van der Waals surface area contributed by atoms with E-state index < -0.39 is 5.91 Å². The molecule has 0 heterocycles. The van der Waals surface area contributed by atoms with E-state index >= 15 is 0 Å². The van der Waals surface area contributed by atoms with Gasteiger partial charge in [-0.2, -0.15) is 5.26 Å². The number of benzene rings is 1. The van der Waals surface area contributed by atoms with Crippen LogP contribution in [-0.2, 0) is 0 Å². The van der Waals surface area contributed by atoms with Crippen molar-refractivity contribution in [1.82, 2.24) is 0 Å². The number of nitrogens with zero attached hydrogens (tertiary/aromatic N) is 1. The molecule has 0 spiro atoms. The van der Waals surface area contributed by atoms with E-state index in [0.717, 1.165) is 0 Å². The summed E-state index contributed by atoms with van der Waals surface area (Å²) in [5, 5.41) is 8.52. The zero-order chi connectivity index (χ0) is 9.14. The monoisotopic (exact) mass is 272 g/mol. The molecule has 0 fully saturated rings. The van der Waals surface area contributed by atoms with Crippen LogP contribution in [0.3, 0.4) is 0 Å². The summed E-state index contributed by atoms with van der Waals surface area (Å²) in [6.45, 7) is 0. The Morgan fingerprint density at radius 1 is 1.58 bits per heavy atom. The van der Waals surface area contributed by atoms with E-state index in [1.807, 2.05) is 28.7 Å². The van der Waals surface area contributed by atoms with Crippen molar-refractivity contribution in [2.24, 2.45) is 5.73 Å². The van der Waals surface area contributed by atoms with Crippen molar-refractivity contribution in [2.45, 2.75) is 0 Å². The van der Waals surface area contributed by atoms with E-state index in [-0.39, 0.29) is 0 Å². The lowest BCUT2D eigenvalue weighted by Crippen LogP contribution is -2.12. The number of primary amides is 1. The van der Waals surface area contributed by atoms with Gasteiger partial charge in [0.25, 0.3) is 0 Å². The Kier molecular flexibility index (Phi) is 2.65. The number of hydrogen-bond acceptors (Lipinski definition) is 2. The molecular weight excluding hydrogens is 267 g/mol. The van der Waals surface area contributed by atoms with Gasteiger partial charge in [0.1, 0.15) is 0 Å². The highest BCUT2D eigenvalue weighted by Gasteiger charge is 2.05. The highest BCUT2D eigenvalue weighted by molar-refractivity contribution is 14.1. The third kappa shape index (κ3) is 1.74. The van der Waals surface area contributed by atoms with Crippen LogP contribution in [0.1, 0.15) is 15.9 Å². The molecule has 60 valence electrons. The maximum Gasteiger partial charge on any atom is 0.249 e. The lowest BCUT2D eigenvalue weighted by Gasteiger charge is -1.98. The molecule has 0 saturated carbocycles. The number of amides is 1. The molecule has 3 nitrogen and oxygen atoms in total. The highest BCUT2D eigenvalue weighted by Crippen LogP contribution is 2.13. The topological polar surface area (TPSA) is 66.9 Å². The second-order valence-corrected chi connectivity index (χ2v) is 3.33. The van der Waals surface area contributed by atoms with Gasteiger partial charge in [0.05, 0.1) is 17.2 Å². The minimum Gasteiger partial charge on any atom is -0.366 e. The normalized spacial score (nSPS) is 9.00. The van der Waals surface area contributed by atoms with Crippen molar-refractivity contribution in [3.8, 4) is 6.07 Å². The van der Waals surface area contributed by atoms with Gasteiger partial charge in [0.15, 0.2) is 0 Å². The second-order valence-electron chi connectivity index (χ2n) is 2.17. The smallest absolute Gasteiger partial charge is 0.249 e. The molecule has 0 bridgehead atoms. The van der Waals surface area contributed by atoms with Gasteiger partial charge < -0.3 is 5.73 Å². The summed E-state index contributed by atoms with van der Waals surface area (Å²) in [5.74, 6) is -0.469. The highest BCUT2D eigenvalue weighted by atomic mass is 127. The molecule has 0 unspecified atom stereocenters. The molecule has 0 saturated heterocycles. The van der Waals surface area contributed by atoms with Gasteiger partial charge in [-0.3, -0.25) is 4.79 Å². The molecule has 1 aromatic rings. The van der Waals surface area contributed by atoms with Crippen LogP contribution in [0.5, 0.6) is 0 Å². The number of hydrogen-bond donors (Lipinski definition) is 1. The third-order valence-electron chi connectivity index (χ3n) is 1.36. The predicted octanol–water partition coefficient (Wildman–Crippen LogP) is 1.26. The Bertz CT molecular complexity index is 368. The average molecular weight is 272 g/mol. The quantitative estimate of drug-likeness (QED) is 0.782. The van der Waals surface area contributed by atoms with Crippen molar-refractivity contribution >= 4 is 28.5 Å².